The van der Waals surface area contributed by atoms with Gasteiger partial charge < -0.3 is 0 Å². The summed E-state index contributed by atoms with van der Waals surface area (Å²) >= 11 is 7.70. The fourth-order valence-corrected chi connectivity index (χ4v) is 6.68. The molecular formula is C22H29BrS2. The molecule has 0 radical (unpaired) electrons. The Balaban J connectivity index is 2.00. The normalized spacial score (nSPS) is 11.8. The van der Waals surface area contributed by atoms with Gasteiger partial charge in [0.1, 0.15) is 0 Å². The lowest BCUT2D eigenvalue weighted by Gasteiger charge is -2.14. The first kappa shape index (κ1) is 19.4. The average molecular weight is 438 g/mol. The fourth-order valence-electron chi connectivity index (χ4n) is 3.81. The molecule has 0 nitrogen and oxygen atoms in total. The minimum atomic E-state index is 1.25. The molecule has 3 aromatic rings. The van der Waals surface area contributed by atoms with E-state index in [0.29, 0.717) is 0 Å². The highest BCUT2D eigenvalue weighted by atomic mass is 79.9. The number of rotatable bonds is 10. The Hall–Kier alpha value is -0.380. The van der Waals surface area contributed by atoms with E-state index in [9.17, 15) is 0 Å². The lowest BCUT2D eigenvalue weighted by Crippen LogP contribution is -1.97. The molecule has 25 heavy (non-hydrogen) atoms. The SMILES string of the molecule is CCCCCCc1c(CCCCCC)c2scc(Br)c2c2ccsc12. The van der Waals surface area contributed by atoms with Crippen LogP contribution in [-0.2, 0) is 12.8 Å². The number of hydrogen-bond acceptors (Lipinski definition) is 2. The van der Waals surface area contributed by atoms with E-state index in [1.165, 1.54) is 79.5 Å². The van der Waals surface area contributed by atoms with Crippen molar-refractivity contribution in [2.45, 2.75) is 78.1 Å². The van der Waals surface area contributed by atoms with Crippen molar-refractivity contribution in [1.82, 2.24) is 0 Å². The van der Waals surface area contributed by atoms with Crippen LogP contribution in [0.3, 0.4) is 0 Å². The summed E-state index contributed by atoms with van der Waals surface area (Å²) < 4.78 is 4.37. The van der Waals surface area contributed by atoms with Crippen LogP contribution in [0.5, 0.6) is 0 Å². The summed E-state index contributed by atoms with van der Waals surface area (Å²) in [5.41, 5.74) is 3.33. The highest BCUT2D eigenvalue weighted by Crippen LogP contribution is 2.43. The predicted molar refractivity (Wildman–Crippen MR) is 121 cm³/mol. The van der Waals surface area contributed by atoms with Gasteiger partial charge in [0.15, 0.2) is 0 Å². The van der Waals surface area contributed by atoms with Crippen LogP contribution in [-0.4, -0.2) is 0 Å². The number of aryl methyl sites for hydroxylation is 2. The first-order valence-corrected chi connectivity index (χ1v) is 12.4. The average Bonchev–Trinajstić information content (AvgIpc) is 3.23. The summed E-state index contributed by atoms with van der Waals surface area (Å²) in [7, 11) is 0. The van der Waals surface area contributed by atoms with Gasteiger partial charge in [0.05, 0.1) is 0 Å². The molecule has 0 aliphatic rings. The molecular weight excluding hydrogens is 408 g/mol. The Morgan fingerprint density at radius 2 is 1.44 bits per heavy atom. The van der Waals surface area contributed by atoms with Crippen molar-refractivity contribution >= 4 is 58.8 Å². The molecule has 3 heteroatoms. The summed E-state index contributed by atoms with van der Waals surface area (Å²) in [6.45, 7) is 4.59. The van der Waals surface area contributed by atoms with Gasteiger partial charge in [-0.3, -0.25) is 0 Å². The Kier molecular flexibility index (Phi) is 7.39. The van der Waals surface area contributed by atoms with E-state index >= 15 is 0 Å². The summed E-state index contributed by atoms with van der Waals surface area (Å²) in [6, 6.07) is 2.33. The monoisotopic (exact) mass is 436 g/mol. The van der Waals surface area contributed by atoms with Gasteiger partial charge in [-0.15, -0.1) is 22.7 Å². The Morgan fingerprint density at radius 3 is 2.08 bits per heavy atom. The molecule has 3 rings (SSSR count). The van der Waals surface area contributed by atoms with E-state index in [1.54, 1.807) is 20.5 Å². The minimum absolute atomic E-state index is 1.25. The van der Waals surface area contributed by atoms with Gasteiger partial charge in [0.2, 0.25) is 0 Å². The minimum Gasteiger partial charge on any atom is -0.143 e. The molecule has 0 amide bonds. The van der Waals surface area contributed by atoms with Gasteiger partial charge in [-0.1, -0.05) is 52.4 Å². The van der Waals surface area contributed by atoms with Crippen molar-refractivity contribution in [2.24, 2.45) is 0 Å². The lowest BCUT2D eigenvalue weighted by atomic mass is 9.94. The van der Waals surface area contributed by atoms with Crippen LogP contribution in [0.1, 0.15) is 76.3 Å². The van der Waals surface area contributed by atoms with Crippen LogP contribution in [0, 0.1) is 0 Å². The zero-order valence-corrected chi connectivity index (χ0v) is 18.7. The summed E-state index contributed by atoms with van der Waals surface area (Å²) in [5, 5.41) is 7.50. The molecule has 0 aliphatic heterocycles. The van der Waals surface area contributed by atoms with Crippen molar-refractivity contribution in [3.63, 3.8) is 0 Å². The van der Waals surface area contributed by atoms with E-state index in [2.05, 4.69) is 46.6 Å². The van der Waals surface area contributed by atoms with E-state index in [0.717, 1.165) is 0 Å². The lowest BCUT2D eigenvalue weighted by molar-refractivity contribution is 0.654. The van der Waals surface area contributed by atoms with Crippen LogP contribution in [0.4, 0.5) is 0 Å². The standard InChI is InChI=1S/C22H29BrS2/c1-3-5-7-9-11-16-17(12-10-8-6-4-2)22-20(19(23)15-25-22)18-13-14-24-21(16)18/h13-15H,3-12H2,1-2H3. The first-order chi connectivity index (χ1) is 12.3. The van der Waals surface area contributed by atoms with Gasteiger partial charge >= 0.3 is 0 Å². The maximum atomic E-state index is 3.81. The molecule has 0 N–H and O–H groups in total. The van der Waals surface area contributed by atoms with Crippen LogP contribution in [0.25, 0.3) is 20.2 Å². The number of fused-ring (bicyclic) bond motifs is 3. The van der Waals surface area contributed by atoms with Crippen LogP contribution in [0.15, 0.2) is 21.3 Å². The van der Waals surface area contributed by atoms with Crippen LogP contribution >= 0.6 is 38.6 Å². The van der Waals surface area contributed by atoms with E-state index in [4.69, 9.17) is 0 Å². The molecule has 0 unspecified atom stereocenters. The van der Waals surface area contributed by atoms with Crippen LogP contribution < -0.4 is 0 Å². The zero-order valence-electron chi connectivity index (χ0n) is 15.5. The summed E-state index contributed by atoms with van der Waals surface area (Å²) in [4.78, 5) is 0. The van der Waals surface area contributed by atoms with Crippen molar-refractivity contribution < 1.29 is 0 Å². The fraction of sp³-hybridized carbons (Fsp3) is 0.545. The molecule has 0 aliphatic carbocycles. The molecule has 0 saturated carbocycles. The quantitative estimate of drug-likeness (QED) is 0.277. The summed E-state index contributed by atoms with van der Waals surface area (Å²) in [6.07, 6.45) is 13.3. The number of benzene rings is 1. The first-order valence-electron chi connectivity index (χ1n) is 9.85. The van der Waals surface area contributed by atoms with Crippen molar-refractivity contribution in [3.05, 3.63) is 32.4 Å². The third-order valence-corrected chi connectivity index (χ3v) is 8.10. The predicted octanol–water partition coefficient (Wildman–Crippen LogP) is 9.12. The van der Waals surface area contributed by atoms with E-state index in [1.807, 2.05) is 22.7 Å². The highest BCUT2D eigenvalue weighted by molar-refractivity contribution is 9.10. The molecule has 1 aromatic carbocycles. The maximum Gasteiger partial charge on any atom is 0.0396 e. The van der Waals surface area contributed by atoms with E-state index in [-0.39, 0.29) is 0 Å². The number of unbranched alkanes of at least 4 members (excludes halogenated alkanes) is 6. The summed E-state index contributed by atoms with van der Waals surface area (Å²) in [5.74, 6) is 0. The topological polar surface area (TPSA) is 0 Å². The molecule has 0 fully saturated rings. The van der Waals surface area contributed by atoms with Gasteiger partial charge in [-0.2, -0.15) is 0 Å². The smallest absolute Gasteiger partial charge is 0.0396 e. The van der Waals surface area contributed by atoms with Crippen molar-refractivity contribution in [3.8, 4) is 0 Å². The van der Waals surface area contributed by atoms with Crippen molar-refractivity contribution in [2.75, 3.05) is 0 Å². The number of halogens is 1. The van der Waals surface area contributed by atoms with Gasteiger partial charge in [-0.25, -0.2) is 0 Å². The Morgan fingerprint density at radius 1 is 0.800 bits per heavy atom. The third kappa shape index (κ3) is 4.31. The van der Waals surface area contributed by atoms with E-state index < -0.39 is 0 Å². The van der Waals surface area contributed by atoms with Gasteiger partial charge in [0.25, 0.3) is 0 Å². The van der Waals surface area contributed by atoms with Crippen LogP contribution in [0.2, 0.25) is 0 Å². The molecule has 0 saturated heterocycles. The highest BCUT2D eigenvalue weighted by Gasteiger charge is 2.18. The Labute approximate surface area is 168 Å². The number of hydrogen-bond donors (Lipinski definition) is 0. The molecule has 0 atom stereocenters. The van der Waals surface area contributed by atoms with Crippen molar-refractivity contribution in [1.29, 1.82) is 0 Å². The number of thiophene rings is 2. The third-order valence-electron chi connectivity index (χ3n) is 5.15. The molecule has 2 aromatic heterocycles. The second kappa shape index (κ2) is 9.53. The second-order valence-electron chi connectivity index (χ2n) is 7.03. The Bertz CT molecular complexity index is 812. The molecule has 0 bridgehead atoms. The largest absolute Gasteiger partial charge is 0.143 e. The molecule has 0 spiro atoms. The van der Waals surface area contributed by atoms with Gasteiger partial charge in [-0.05, 0) is 64.2 Å². The molecule has 136 valence electrons. The second-order valence-corrected chi connectivity index (χ2v) is 9.68. The van der Waals surface area contributed by atoms with Gasteiger partial charge in [0, 0.05) is 30.0 Å². The zero-order chi connectivity index (χ0) is 17.6. The molecule has 2 heterocycles. The maximum absolute atomic E-state index is 3.81.